The average molecular weight is 226 g/mol. The molecule has 2 unspecified atom stereocenters. The molecule has 1 saturated carbocycles. The molecular weight excluding hydrogens is 216 g/mol. The minimum absolute atomic E-state index is 0. The predicted octanol–water partition coefficient (Wildman–Crippen LogP) is 0.290. The van der Waals surface area contributed by atoms with Gasteiger partial charge in [0.05, 0.1) is 11.8 Å². The summed E-state index contributed by atoms with van der Waals surface area (Å²) in [7, 11) is 0. The summed E-state index contributed by atoms with van der Waals surface area (Å²) in [5, 5.41) is 7.83. The van der Waals surface area contributed by atoms with Crippen LogP contribution >= 0.6 is 0 Å². The Morgan fingerprint density at radius 1 is 0.867 bits per heavy atom. The van der Waals surface area contributed by atoms with E-state index in [1.165, 1.54) is 0 Å². The second kappa shape index (κ2) is 5.64. The fourth-order valence-electron chi connectivity index (χ4n) is 1.91. The smallest absolute Gasteiger partial charge is 0.266 e. The number of carbonyl (C=O) groups excluding carboxylic acids is 2. The molecule has 2 rings (SSSR count). The fraction of sp³-hybridized carbons (Fsp3) is 0.750. The zero-order valence-corrected chi connectivity index (χ0v) is 9.55. The molecule has 0 aromatic rings. The molecule has 15 heavy (non-hydrogen) atoms. The van der Waals surface area contributed by atoms with Crippen LogP contribution < -0.4 is 0 Å². The van der Waals surface area contributed by atoms with E-state index in [0.717, 1.165) is 12.8 Å². The van der Waals surface area contributed by atoms with Gasteiger partial charge in [0.2, 0.25) is 0 Å². The second-order valence-electron chi connectivity index (χ2n) is 3.44. The molecule has 80 valence electrons. The van der Waals surface area contributed by atoms with Crippen molar-refractivity contribution in [1.29, 1.82) is 0 Å². The highest BCUT2D eigenvalue weighted by Crippen LogP contribution is 2.32. The molecule has 1 aliphatic carbocycles. The zero-order valence-electron chi connectivity index (χ0n) is 8.14. The first-order chi connectivity index (χ1) is 6.79. The van der Waals surface area contributed by atoms with Crippen LogP contribution in [0.5, 0.6) is 0 Å². The van der Waals surface area contributed by atoms with Crippen LogP contribution in [-0.4, -0.2) is 35.0 Å². The summed E-state index contributed by atoms with van der Waals surface area (Å²) in [6, 6.07) is 0. The summed E-state index contributed by atoms with van der Waals surface area (Å²) in [6.45, 7) is 0. The van der Waals surface area contributed by atoms with Crippen molar-refractivity contribution in [1.82, 2.24) is 0 Å². The first-order valence-electron chi connectivity index (χ1n) is 4.54. The van der Waals surface area contributed by atoms with E-state index in [4.69, 9.17) is 0 Å². The van der Waals surface area contributed by atoms with Gasteiger partial charge >= 0.3 is 11.9 Å². The van der Waals surface area contributed by atoms with Crippen LogP contribution in [0.2, 0.25) is 0 Å². The van der Waals surface area contributed by atoms with Crippen molar-refractivity contribution in [3.05, 3.63) is 0 Å². The number of rotatable bonds is 0. The van der Waals surface area contributed by atoms with E-state index in [1.807, 2.05) is 0 Å². The molecule has 0 bridgehead atoms. The van der Waals surface area contributed by atoms with Crippen molar-refractivity contribution in [2.45, 2.75) is 25.7 Å². The van der Waals surface area contributed by atoms with Crippen LogP contribution in [0.25, 0.3) is 0 Å². The monoisotopic (exact) mass is 226 g/mol. The summed E-state index contributed by atoms with van der Waals surface area (Å²) in [6.07, 6.45) is 3.07. The fourth-order valence-corrected chi connectivity index (χ4v) is 1.91. The highest BCUT2D eigenvalue weighted by molar-refractivity contribution is 5.81. The lowest BCUT2D eigenvalue weighted by atomic mass is 9.79. The first-order valence-corrected chi connectivity index (χ1v) is 4.54. The van der Waals surface area contributed by atoms with Crippen molar-refractivity contribution in [2.24, 2.45) is 11.8 Å². The number of hydrogen-bond acceptors (Lipinski definition) is 6. The van der Waals surface area contributed by atoms with Gasteiger partial charge in [0, 0.05) is 33.1 Å². The van der Waals surface area contributed by atoms with Gasteiger partial charge in [0.1, 0.15) is 0 Å². The summed E-state index contributed by atoms with van der Waals surface area (Å²) < 4.78 is 0. The average Bonchev–Trinajstić information content (AvgIpc) is 2.22. The van der Waals surface area contributed by atoms with Gasteiger partial charge in [0.15, 0.2) is 0 Å². The maximum Gasteiger partial charge on any atom is 0.349 e. The van der Waals surface area contributed by atoms with E-state index in [1.54, 1.807) is 0 Å². The van der Waals surface area contributed by atoms with E-state index in [0.29, 0.717) is 12.8 Å². The molecule has 2 fully saturated rings. The van der Waals surface area contributed by atoms with Crippen LogP contribution in [0.15, 0.2) is 0 Å². The molecule has 1 aliphatic heterocycles. The third-order valence-corrected chi connectivity index (χ3v) is 2.63. The molecule has 0 aromatic carbocycles. The van der Waals surface area contributed by atoms with Crippen LogP contribution in [0.1, 0.15) is 25.7 Å². The highest BCUT2D eigenvalue weighted by atomic mass is 24.3. The Morgan fingerprint density at radius 2 is 1.27 bits per heavy atom. The highest BCUT2D eigenvalue weighted by Gasteiger charge is 2.40. The van der Waals surface area contributed by atoms with Crippen LogP contribution in [0, 0.1) is 11.8 Å². The standard InChI is InChI=1S/C8H10O6.Mg/c9-7-5-3-1-2-4-6(5)8(10)12-14-13-11-7;/h5-6H,1-4H2;. The van der Waals surface area contributed by atoms with Gasteiger partial charge in [-0.25, -0.2) is 9.59 Å². The van der Waals surface area contributed by atoms with Crippen molar-refractivity contribution in [3.63, 3.8) is 0 Å². The Kier molecular flexibility index (Phi) is 4.77. The summed E-state index contributed by atoms with van der Waals surface area (Å²) >= 11 is 0. The van der Waals surface area contributed by atoms with Gasteiger partial charge in [0.25, 0.3) is 0 Å². The van der Waals surface area contributed by atoms with E-state index >= 15 is 0 Å². The predicted molar refractivity (Wildman–Crippen MR) is 45.6 cm³/mol. The Labute approximate surface area is 102 Å². The SMILES string of the molecule is O=C1OOOOC(=O)C2CCCCC12.[Mg]. The number of carbonyl (C=O) groups is 2. The van der Waals surface area contributed by atoms with Crippen molar-refractivity contribution < 1.29 is 29.4 Å². The van der Waals surface area contributed by atoms with Gasteiger partial charge in [-0.1, -0.05) is 12.8 Å². The van der Waals surface area contributed by atoms with Crippen LogP contribution in [0.4, 0.5) is 0 Å². The van der Waals surface area contributed by atoms with Gasteiger partial charge in [-0.15, -0.1) is 0 Å². The van der Waals surface area contributed by atoms with Crippen LogP contribution in [-0.2, 0) is 29.4 Å². The third kappa shape index (κ3) is 2.80. The molecule has 1 heterocycles. The lowest BCUT2D eigenvalue weighted by Gasteiger charge is -2.27. The van der Waals surface area contributed by atoms with Crippen molar-refractivity contribution >= 4 is 35.0 Å². The molecule has 2 radical (unpaired) electrons. The molecular formula is C8H10MgO6. The van der Waals surface area contributed by atoms with E-state index in [9.17, 15) is 9.59 Å². The normalized spacial score (nSPS) is 31.2. The van der Waals surface area contributed by atoms with E-state index in [-0.39, 0.29) is 23.1 Å². The Hall–Kier alpha value is -0.374. The summed E-state index contributed by atoms with van der Waals surface area (Å²) in [4.78, 5) is 31.1. The quantitative estimate of drug-likeness (QED) is 0.437. The Morgan fingerprint density at radius 3 is 1.67 bits per heavy atom. The van der Waals surface area contributed by atoms with E-state index < -0.39 is 23.8 Å². The van der Waals surface area contributed by atoms with Gasteiger partial charge in [-0.2, -0.15) is 0 Å². The van der Waals surface area contributed by atoms with Gasteiger partial charge < -0.3 is 0 Å². The Balaban J connectivity index is 0.00000112. The topological polar surface area (TPSA) is 71.1 Å². The van der Waals surface area contributed by atoms with Crippen molar-refractivity contribution in [3.8, 4) is 0 Å². The molecule has 0 spiro atoms. The minimum atomic E-state index is -0.564. The van der Waals surface area contributed by atoms with Gasteiger partial charge in [-0.05, 0) is 12.8 Å². The summed E-state index contributed by atoms with van der Waals surface area (Å²) in [5.74, 6) is -2.04. The van der Waals surface area contributed by atoms with E-state index in [2.05, 4.69) is 19.9 Å². The molecule has 1 saturated heterocycles. The number of fused-ring (bicyclic) bond motifs is 1. The number of hydrogen-bond donors (Lipinski definition) is 0. The lowest BCUT2D eigenvalue weighted by molar-refractivity contribution is -0.604. The molecule has 0 N–H and O–H groups in total. The summed E-state index contributed by atoms with van der Waals surface area (Å²) in [5.41, 5.74) is 0. The largest absolute Gasteiger partial charge is 0.349 e. The molecule has 6 nitrogen and oxygen atoms in total. The second-order valence-corrected chi connectivity index (χ2v) is 3.44. The minimum Gasteiger partial charge on any atom is -0.266 e. The maximum atomic E-state index is 11.3. The Bertz CT molecular complexity index is 230. The van der Waals surface area contributed by atoms with Crippen LogP contribution in [0.3, 0.4) is 0 Å². The molecule has 0 amide bonds. The molecule has 0 aromatic heterocycles. The lowest BCUT2D eigenvalue weighted by Crippen LogP contribution is -2.37. The zero-order chi connectivity index (χ0) is 9.97. The molecule has 2 aliphatic rings. The molecule has 7 heteroatoms. The third-order valence-electron chi connectivity index (χ3n) is 2.63. The maximum absolute atomic E-state index is 11.3. The molecule has 2 atom stereocenters. The first kappa shape index (κ1) is 12.7. The van der Waals surface area contributed by atoms with Gasteiger partial charge in [-0.3, -0.25) is 9.78 Å². The van der Waals surface area contributed by atoms with Crippen molar-refractivity contribution in [2.75, 3.05) is 0 Å².